The standard InChI is InChI=1S/C17H14BrN7S/c18-12-7-3-1-5-10(12)16-23-24-17(25(16)20)26-9-14-21-13-8-4-2-6-11(13)15(19)22-14/h1-8H,9,20H2,(H2,19,21,22). The van der Waals surface area contributed by atoms with Gasteiger partial charge in [-0.3, -0.25) is 0 Å². The van der Waals surface area contributed by atoms with E-state index in [0.717, 1.165) is 20.9 Å². The van der Waals surface area contributed by atoms with Crippen molar-refractivity contribution in [2.75, 3.05) is 11.6 Å². The summed E-state index contributed by atoms with van der Waals surface area (Å²) in [6.07, 6.45) is 0. The van der Waals surface area contributed by atoms with Crippen molar-refractivity contribution in [3.63, 3.8) is 0 Å². The maximum absolute atomic E-state index is 6.17. The van der Waals surface area contributed by atoms with Gasteiger partial charge in [-0.2, -0.15) is 0 Å². The number of thioether (sulfide) groups is 1. The van der Waals surface area contributed by atoms with E-state index in [1.54, 1.807) is 0 Å². The Balaban J connectivity index is 1.59. The SMILES string of the molecule is Nc1nc(CSc2nnc(-c3ccccc3Br)n2N)nc2ccccc12. The largest absolute Gasteiger partial charge is 0.383 e. The number of halogens is 1. The van der Waals surface area contributed by atoms with Crippen LogP contribution in [0.4, 0.5) is 5.82 Å². The summed E-state index contributed by atoms with van der Waals surface area (Å²) >= 11 is 4.91. The Labute approximate surface area is 161 Å². The number of nitrogens with zero attached hydrogens (tertiary/aromatic N) is 5. The quantitative estimate of drug-likeness (QED) is 0.379. The average Bonchev–Trinajstić information content (AvgIpc) is 3.01. The highest BCUT2D eigenvalue weighted by molar-refractivity contribution is 9.10. The van der Waals surface area contributed by atoms with Gasteiger partial charge in [-0.1, -0.05) is 52.0 Å². The molecule has 0 amide bonds. The lowest BCUT2D eigenvalue weighted by molar-refractivity contribution is 0.848. The Hall–Kier alpha value is -2.65. The van der Waals surface area contributed by atoms with Crippen molar-refractivity contribution in [1.29, 1.82) is 0 Å². The third-order valence-electron chi connectivity index (χ3n) is 3.79. The molecule has 0 aliphatic rings. The number of rotatable bonds is 4. The van der Waals surface area contributed by atoms with Crippen LogP contribution in [0.15, 0.2) is 58.2 Å². The molecule has 0 saturated heterocycles. The van der Waals surface area contributed by atoms with Gasteiger partial charge in [0.05, 0.1) is 11.3 Å². The number of fused-ring (bicyclic) bond motifs is 1. The third kappa shape index (κ3) is 3.11. The van der Waals surface area contributed by atoms with Crippen molar-refractivity contribution in [3.05, 3.63) is 58.8 Å². The topological polar surface area (TPSA) is 109 Å². The van der Waals surface area contributed by atoms with Crippen molar-refractivity contribution in [2.45, 2.75) is 10.9 Å². The Bertz CT molecular complexity index is 1100. The van der Waals surface area contributed by atoms with Gasteiger partial charge in [-0.05, 0) is 24.3 Å². The molecule has 4 rings (SSSR count). The van der Waals surface area contributed by atoms with Gasteiger partial charge in [-0.25, -0.2) is 14.6 Å². The van der Waals surface area contributed by atoms with E-state index < -0.39 is 0 Å². The number of anilines is 1. The number of aromatic nitrogens is 5. The highest BCUT2D eigenvalue weighted by Gasteiger charge is 2.15. The van der Waals surface area contributed by atoms with Crippen LogP contribution in [0.3, 0.4) is 0 Å². The van der Waals surface area contributed by atoms with E-state index in [9.17, 15) is 0 Å². The first-order chi connectivity index (χ1) is 12.6. The van der Waals surface area contributed by atoms with Crippen molar-refractivity contribution in [1.82, 2.24) is 24.8 Å². The Kier molecular flexibility index (Phi) is 4.48. The van der Waals surface area contributed by atoms with E-state index in [2.05, 4.69) is 36.1 Å². The lowest BCUT2D eigenvalue weighted by Crippen LogP contribution is -2.12. The first kappa shape index (κ1) is 16.8. The van der Waals surface area contributed by atoms with Crippen molar-refractivity contribution >= 4 is 44.4 Å². The van der Waals surface area contributed by atoms with E-state index in [4.69, 9.17) is 11.6 Å². The molecule has 4 N–H and O–H groups in total. The molecular weight excluding hydrogens is 414 g/mol. The summed E-state index contributed by atoms with van der Waals surface area (Å²) in [5.74, 6) is 8.33. The first-order valence-electron chi connectivity index (χ1n) is 7.73. The lowest BCUT2D eigenvalue weighted by Gasteiger charge is -2.06. The fraction of sp³-hybridized carbons (Fsp3) is 0.0588. The zero-order chi connectivity index (χ0) is 18.1. The second-order valence-electron chi connectivity index (χ2n) is 5.49. The highest BCUT2D eigenvalue weighted by atomic mass is 79.9. The van der Waals surface area contributed by atoms with Crippen molar-refractivity contribution < 1.29 is 0 Å². The smallest absolute Gasteiger partial charge is 0.210 e. The monoisotopic (exact) mass is 427 g/mol. The molecule has 2 aromatic carbocycles. The molecule has 0 saturated carbocycles. The number of hydrogen-bond donors (Lipinski definition) is 2. The molecule has 0 aliphatic carbocycles. The summed E-state index contributed by atoms with van der Waals surface area (Å²) in [5.41, 5.74) is 7.72. The highest BCUT2D eigenvalue weighted by Crippen LogP contribution is 2.29. The molecule has 0 radical (unpaired) electrons. The Morgan fingerprint density at radius 3 is 2.62 bits per heavy atom. The van der Waals surface area contributed by atoms with Gasteiger partial charge in [0, 0.05) is 15.4 Å². The Morgan fingerprint density at radius 2 is 1.77 bits per heavy atom. The summed E-state index contributed by atoms with van der Waals surface area (Å²) in [7, 11) is 0. The number of hydrogen-bond acceptors (Lipinski definition) is 7. The lowest BCUT2D eigenvalue weighted by atomic mass is 10.2. The first-order valence-corrected chi connectivity index (χ1v) is 9.50. The van der Waals surface area contributed by atoms with E-state index in [1.807, 2.05) is 48.5 Å². The minimum atomic E-state index is 0.467. The summed E-state index contributed by atoms with van der Waals surface area (Å²) in [5, 5.41) is 9.80. The van der Waals surface area contributed by atoms with Gasteiger partial charge < -0.3 is 11.6 Å². The van der Waals surface area contributed by atoms with Crippen LogP contribution in [0.1, 0.15) is 5.82 Å². The van der Waals surface area contributed by atoms with Crippen molar-refractivity contribution in [2.24, 2.45) is 0 Å². The van der Waals surface area contributed by atoms with Crippen LogP contribution < -0.4 is 11.6 Å². The molecule has 0 fully saturated rings. The normalized spacial score (nSPS) is 11.1. The van der Waals surface area contributed by atoms with E-state index in [1.165, 1.54) is 16.4 Å². The third-order valence-corrected chi connectivity index (χ3v) is 5.42. The number of nitrogen functional groups attached to an aromatic ring is 2. The molecule has 26 heavy (non-hydrogen) atoms. The number of nitrogens with two attached hydrogens (primary N) is 2. The van der Waals surface area contributed by atoms with Crippen LogP contribution >= 0.6 is 27.7 Å². The second-order valence-corrected chi connectivity index (χ2v) is 7.28. The minimum Gasteiger partial charge on any atom is -0.383 e. The molecule has 9 heteroatoms. The molecule has 0 bridgehead atoms. The molecule has 0 atom stereocenters. The van der Waals surface area contributed by atoms with Crippen LogP contribution in [0.2, 0.25) is 0 Å². The molecule has 2 aromatic heterocycles. The molecule has 4 aromatic rings. The van der Waals surface area contributed by atoms with E-state index in [0.29, 0.717) is 28.4 Å². The summed E-state index contributed by atoms with van der Waals surface area (Å²) < 4.78 is 2.37. The Morgan fingerprint density at radius 1 is 1.00 bits per heavy atom. The van der Waals surface area contributed by atoms with Crippen LogP contribution in [-0.4, -0.2) is 24.8 Å². The number of para-hydroxylation sites is 1. The second kappa shape index (κ2) is 6.93. The summed E-state index contributed by atoms with van der Waals surface area (Å²) in [6.45, 7) is 0. The summed E-state index contributed by atoms with van der Waals surface area (Å²) in [4.78, 5) is 8.91. The zero-order valence-corrected chi connectivity index (χ0v) is 15.9. The van der Waals surface area contributed by atoms with Gasteiger partial charge >= 0.3 is 0 Å². The molecule has 2 heterocycles. The predicted molar refractivity (Wildman–Crippen MR) is 107 cm³/mol. The molecule has 0 spiro atoms. The minimum absolute atomic E-state index is 0.467. The average molecular weight is 428 g/mol. The van der Waals surface area contributed by atoms with Gasteiger partial charge in [0.2, 0.25) is 5.16 Å². The van der Waals surface area contributed by atoms with Crippen LogP contribution in [0.25, 0.3) is 22.3 Å². The van der Waals surface area contributed by atoms with Crippen LogP contribution in [0.5, 0.6) is 0 Å². The van der Waals surface area contributed by atoms with E-state index in [-0.39, 0.29) is 0 Å². The fourth-order valence-corrected chi connectivity index (χ4v) is 3.72. The van der Waals surface area contributed by atoms with Crippen LogP contribution in [-0.2, 0) is 5.75 Å². The maximum atomic E-state index is 6.17. The van der Waals surface area contributed by atoms with Crippen molar-refractivity contribution in [3.8, 4) is 11.4 Å². The van der Waals surface area contributed by atoms with Gasteiger partial charge in [-0.15, -0.1) is 10.2 Å². The van der Waals surface area contributed by atoms with Gasteiger partial charge in [0.1, 0.15) is 11.6 Å². The van der Waals surface area contributed by atoms with Gasteiger partial charge in [0.15, 0.2) is 5.82 Å². The molecule has 0 aliphatic heterocycles. The molecule has 0 unspecified atom stereocenters. The maximum Gasteiger partial charge on any atom is 0.210 e. The fourth-order valence-electron chi connectivity index (χ4n) is 2.55. The van der Waals surface area contributed by atoms with Gasteiger partial charge in [0.25, 0.3) is 0 Å². The predicted octanol–water partition coefficient (Wildman–Crippen LogP) is 3.24. The summed E-state index contributed by atoms with van der Waals surface area (Å²) in [6, 6.07) is 15.4. The zero-order valence-electron chi connectivity index (χ0n) is 13.5. The molecular formula is C17H14BrN7S. The van der Waals surface area contributed by atoms with Crippen LogP contribution in [0, 0.1) is 0 Å². The molecule has 130 valence electrons. The molecule has 7 nitrogen and oxygen atoms in total. The number of benzene rings is 2. The van der Waals surface area contributed by atoms with E-state index >= 15 is 0 Å².